The first-order valence-electron chi connectivity index (χ1n) is 8.49. The Hall–Kier alpha value is -3.21. The number of anilines is 2. The molecule has 1 aromatic heterocycles. The van der Waals surface area contributed by atoms with Gasteiger partial charge in [-0.25, -0.2) is 9.97 Å². The fourth-order valence-electron chi connectivity index (χ4n) is 2.65. The lowest BCUT2D eigenvalue weighted by Crippen LogP contribution is -2.27. The first kappa shape index (κ1) is 17.6. The zero-order valence-corrected chi connectivity index (χ0v) is 15.2. The number of benzene rings is 2. The minimum absolute atomic E-state index is 0.153. The third kappa shape index (κ3) is 4.06. The van der Waals surface area contributed by atoms with Crippen LogP contribution in [0, 0.1) is 13.8 Å². The number of hydrogen-bond acceptors (Lipinski definition) is 4. The Balaban J connectivity index is 1.68. The molecule has 0 aliphatic heterocycles. The van der Waals surface area contributed by atoms with Gasteiger partial charge in [-0.1, -0.05) is 42.5 Å². The van der Waals surface area contributed by atoms with Crippen molar-refractivity contribution in [3.8, 4) is 0 Å². The van der Waals surface area contributed by atoms with Crippen LogP contribution in [0.2, 0.25) is 0 Å². The second-order valence-corrected chi connectivity index (χ2v) is 6.31. The van der Waals surface area contributed by atoms with Crippen molar-refractivity contribution in [1.82, 2.24) is 14.9 Å². The van der Waals surface area contributed by atoms with E-state index < -0.39 is 0 Å². The van der Waals surface area contributed by atoms with E-state index in [0.717, 1.165) is 16.8 Å². The summed E-state index contributed by atoms with van der Waals surface area (Å²) in [4.78, 5) is 22.8. The van der Waals surface area contributed by atoms with Crippen LogP contribution in [0.4, 0.5) is 11.5 Å². The topological polar surface area (TPSA) is 58.1 Å². The maximum absolute atomic E-state index is 12.5. The van der Waals surface area contributed by atoms with Crippen LogP contribution in [0.15, 0.2) is 60.9 Å². The molecule has 0 spiro atoms. The molecule has 0 saturated heterocycles. The lowest BCUT2D eigenvalue weighted by Gasteiger charge is -2.17. The lowest BCUT2D eigenvalue weighted by molar-refractivity contribution is 0.0779. The summed E-state index contributed by atoms with van der Waals surface area (Å²) in [5.41, 5.74) is 4.76. The standard InChI is InChI=1S/C21H22N4O/c1-15-8-7-11-18(16(15)2)24-20-13-22-19(12-23-20)21(26)25(3)14-17-9-5-4-6-10-17/h4-13H,14H2,1-3H3,(H,23,24). The van der Waals surface area contributed by atoms with Gasteiger partial charge in [-0.05, 0) is 36.6 Å². The Bertz CT molecular complexity index is 892. The number of amides is 1. The number of carbonyl (C=O) groups excluding carboxylic acids is 1. The summed E-state index contributed by atoms with van der Waals surface area (Å²) in [7, 11) is 1.76. The molecule has 0 aliphatic rings. The van der Waals surface area contributed by atoms with Gasteiger partial charge in [0.15, 0.2) is 0 Å². The summed E-state index contributed by atoms with van der Waals surface area (Å²) in [6, 6.07) is 15.9. The van der Waals surface area contributed by atoms with Crippen molar-refractivity contribution in [3.63, 3.8) is 0 Å². The van der Waals surface area contributed by atoms with Gasteiger partial charge in [0.2, 0.25) is 0 Å². The molecule has 26 heavy (non-hydrogen) atoms. The van der Waals surface area contributed by atoms with E-state index in [-0.39, 0.29) is 5.91 Å². The Morgan fingerprint density at radius 1 is 1.00 bits per heavy atom. The van der Waals surface area contributed by atoms with Crippen LogP contribution in [0.25, 0.3) is 0 Å². The molecule has 5 nitrogen and oxygen atoms in total. The zero-order valence-electron chi connectivity index (χ0n) is 15.2. The summed E-state index contributed by atoms with van der Waals surface area (Å²) in [6.07, 6.45) is 3.10. The second kappa shape index (κ2) is 7.78. The largest absolute Gasteiger partial charge is 0.339 e. The number of hydrogen-bond donors (Lipinski definition) is 1. The fourth-order valence-corrected chi connectivity index (χ4v) is 2.65. The van der Waals surface area contributed by atoms with E-state index in [0.29, 0.717) is 18.1 Å². The van der Waals surface area contributed by atoms with Gasteiger partial charge in [-0.15, -0.1) is 0 Å². The smallest absolute Gasteiger partial charge is 0.274 e. The van der Waals surface area contributed by atoms with Crippen LogP contribution in [-0.2, 0) is 6.54 Å². The van der Waals surface area contributed by atoms with Crippen molar-refractivity contribution in [3.05, 3.63) is 83.3 Å². The molecule has 1 N–H and O–H groups in total. The summed E-state index contributed by atoms with van der Waals surface area (Å²) in [5, 5.41) is 3.25. The molecule has 0 unspecified atom stereocenters. The summed E-state index contributed by atoms with van der Waals surface area (Å²) >= 11 is 0. The molecule has 0 fully saturated rings. The molecule has 0 bridgehead atoms. The van der Waals surface area contributed by atoms with Crippen LogP contribution in [0.3, 0.4) is 0 Å². The third-order valence-electron chi connectivity index (χ3n) is 4.35. The van der Waals surface area contributed by atoms with Gasteiger partial charge in [0.05, 0.1) is 12.4 Å². The van der Waals surface area contributed by atoms with Crippen molar-refractivity contribution in [2.75, 3.05) is 12.4 Å². The van der Waals surface area contributed by atoms with Gasteiger partial charge in [0.25, 0.3) is 5.91 Å². The van der Waals surface area contributed by atoms with Gasteiger partial charge in [-0.3, -0.25) is 4.79 Å². The second-order valence-electron chi connectivity index (χ2n) is 6.31. The highest BCUT2D eigenvalue weighted by Gasteiger charge is 2.14. The molecule has 2 aromatic carbocycles. The number of nitrogens with one attached hydrogen (secondary N) is 1. The summed E-state index contributed by atoms with van der Waals surface area (Å²) in [6.45, 7) is 4.65. The predicted octanol–water partition coefficient (Wildman–Crippen LogP) is 4.11. The molecular formula is C21H22N4O. The van der Waals surface area contributed by atoms with Crippen LogP contribution < -0.4 is 5.32 Å². The van der Waals surface area contributed by atoms with Crippen LogP contribution in [-0.4, -0.2) is 27.8 Å². The molecule has 0 radical (unpaired) electrons. The van der Waals surface area contributed by atoms with Gasteiger partial charge in [0.1, 0.15) is 11.5 Å². The third-order valence-corrected chi connectivity index (χ3v) is 4.35. The average molecular weight is 346 g/mol. The number of aryl methyl sites for hydroxylation is 1. The van der Waals surface area contributed by atoms with E-state index in [1.54, 1.807) is 18.1 Å². The quantitative estimate of drug-likeness (QED) is 0.755. The molecule has 1 heterocycles. The zero-order chi connectivity index (χ0) is 18.5. The summed E-state index contributed by atoms with van der Waals surface area (Å²) in [5.74, 6) is 0.459. The maximum atomic E-state index is 12.5. The number of carbonyl (C=O) groups is 1. The molecule has 0 aliphatic carbocycles. The highest BCUT2D eigenvalue weighted by atomic mass is 16.2. The van der Waals surface area contributed by atoms with E-state index >= 15 is 0 Å². The van der Waals surface area contributed by atoms with Crippen LogP contribution in [0.5, 0.6) is 0 Å². The molecule has 0 atom stereocenters. The highest BCUT2D eigenvalue weighted by molar-refractivity contribution is 5.91. The maximum Gasteiger partial charge on any atom is 0.274 e. The van der Waals surface area contributed by atoms with E-state index in [1.165, 1.54) is 11.8 Å². The number of rotatable bonds is 5. The minimum atomic E-state index is -0.153. The molecule has 1 amide bonds. The van der Waals surface area contributed by atoms with E-state index in [1.807, 2.05) is 42.5 Å². The highest BCUT2D eigenvalue weighted by Crippen LogP contribution is 2.21. The van der Waals surface area contributed by atoms with Gasteiger partial charge in [-0.2, -0.15) is 0 Å². The Morgan fingerprint density at radius 3 is 2.46 bits per heavy atom. The number of aromatic nitrogens is 2. The van der Waals surface area contributed by atoms with Crippen molar-refractivity contribution in [2.45, 2.75) is 20.4 Å². The first-order valence-corrected chi connectivity index (χ1v) is 8.49. The van der Waals surface area contributed by atoms with E-state index in [2.05, 4.69) is 35.2 Å². The predicted molar refractivity (Wildman–Crippen MR) is 103 cm³/mol. The number of nitrogens with zero attached hydrogens (tertiary/aromatic N) is 3. The van der Waals surface area contributed by atoms with Gasteiger partial charge < -0.3 is 10.2 Å². The summed E-state index contributed by atoms with van der Waals surface area (Å²) < 4.78 is 0. The Morgan fingerprint density at radius 2 is 1.77 bits per heavy atom. The fraction of sp³-hybridized carbons (Fsp3) is 0.190. The Labute approximate surface area is 153 Å². The van der Waals surface area contributed by atoms with Crippen LogP contribution >= 0.6 is 0 Å². The van der Waals surface area contributed by atoms with Crippen molar-refractivity contribution in [2.24, 2.45) is 0 Å². The van der Waals surface area contributed by atoms with Gasteiger partial charge >= 0.3 is 0 Å². The average Bonchev–Trinajstić information content (AvgIpc) is 2.66. The van der Waals surface area contributed by atoms with Crippen molar-refractivity contribution < 1.29 is 4.79 Å². The first-order chi connectivity index (χ1) is 12.5. The molecular weight excluding hydrogens is 324 g/mol. The molecule has 3 aromatic rings. The normalized spacial score (nSPS) is 10.4. The van der Waals surface area contributed by atoms with Crippen molar-refractivity contribution in [1.29, 1.82) is 0 Å². The SMILES string of the molecule is Cc1cccc(Nc2cnc(C(=O)N(C)Cc3ccccc3)cn2)c1C. The molecule has 132 valence electrons. The molecule has 3 rings (SSSR count). The minimum Gasteiger partial charge on any atom is -0.339 e. The van der Waals surface area contributed by atoms with E-state index in [4.69, 9.17) is 0 Å². The lowest BCUT2D eigenvalue weighted by atomic mass is 10.1. The van der Waals surface area contributed by atoms with Crippen LogP contribution in [0.1, 0.15) is 27.2 Å². The van der Waals surface area contributed by atoms with E-state index in [9.17, 15) is 4.79 Å². The molecule has 5 heteroatoms. The monoisotopic (exact) mass is 346 g/mol. The molecule has 0 saturated carbocycles. The van der Waals surface area contributed by atoms with Gasteiger partial charge in [0, 0.05) is 19.3 Å². The Kier molecular flexibility index (Phi) is 5.27. The van der Waals surface area contributed by atoms with Crippen molar-refractivity contribution >= 4 is 17.4 Å².